The molecular formula is C53H86N2. The maximum Gasteiger partial charge on any atom is 0.211 e. The van der Waals surface area contributed by atoms with Crippen LogP contribution in [0.4, 0.5) is 0 Å². The summed E-state index contributed by atoms with van der Waals surface area (Å²) in [6.07, 6.45) is 44.2. The molecule has 2 heteroatoms. The van der Waals surface area contributed by atoms with Crippen LogP contribution in [0, 0.1) is 0 Å². The summed E-state index contributed by atoms with van der Waals surface area (Å²) in [7, 11) is 0. The van der Waals surface area contributed by atoms with Gasteiger partial charge in [-0.1, -0.05) is 212 Å². The van der Waals surface area contributed by atoms with E-state index in [1.54, 1.807) is 4.70 Å². The number of benzene rings is 2. The van der Waals surface area contributed by atoms with Crippen molar-refractivity contribution in [2.24, 2.45) is 0 Å². The summed E-state index contributed by atoms with van der Waals surface area (Å²) >= 11 is 0. The summed E-state index contributed by atoms with van der Waals surface area (Å²) in [4.78, 5) is 0. The van der Waals surface area contributed by atoms with Crippen molar-refractivity contribution in [3.63, 3.8) is 0 Å². The van der Waals surface area contributed by atoms with Crippen molar-refractivity contribution < 1.29 is 4.70 Å². The first-order valence-electron chi connectivity index (χ1n) is 24.3. The van der Waals surface area contributed by atoms with Gasteiger partial charge in [-0.3, -0.25) is 0 Å². The van der Waals surface area contributed by atoms with Gasteiger partial charge in [0.05, 0.1) is 0 Å². The number of nitrogens with zero attached hydrogens (tertiary/aromatic N) is 2. The highest BCUT2D eigenvalue weighted by Gasteiger charge is 2.35. The minimum Gasteiger partial charge on any atom is -0.493 e. The van der Waals surface area contributed by atoms with Crippen molar-refractivity contribution in [1.29, 1.82) is 0 Å². The molecule has 0 atom stereocenters. The lowest BCUT2D eigenvalue weighted by atomic mass is 9.91. The van der Waals surface area contributed by atoms with Crippen LogP contribution in [0.25, 0.3) is 16.9 Å². The van der Waals surface area contributed by atoms with Crippen LogP contribution in [0.15, 0.2) is 59.7 Å². The third kappa shape index (κ3) is 18.6. The maximum atomic E-state index is 11.9. The number of hydrogen-bond acceptors (Lipinski definition) is 0. The fourth-order valence-electron chi connectivity index (χ4n) is 8.69. The third-order valence-electron chi connectivity index (χ3n) is 12.2. The van der Waals surface area contributed by atoms with E-state index in [4.69, 9.17) is 0 Å². The van der Waals surface area contributed by atoms with Gasteiger partial charge in [0.2, 0.25) is 11.4 Å². The Morgan fingerprint density at radius 3 is 1.15 bits per heavy atom. The van der Waals surface area contributed by atoms with E-state index in [9.17, 15) is 5.53 Å². The maximum absolute atomic E-state index is 11.9. The molecule has 1 heterocycles. The largest absolute Gasteiger partial charge is 0.493 e. The van der Waals surface area contributed by atoms with Gasteiger partial charge < -0.3 is 5.53 Å². The number of unbranched alkanes of at least 4 members (excludes halogenated alkanes) is 25. The Bertz CT molecular complexity index is 1340. The predicted molar refractivity (Wildman–Crippen MR) is 244 cm³/mol. The molecule has 0 fully saturated rings. The smallest absolute Gasteiger partial charge is 0.211 e. The fraction of sp³-hybridized carbons (Fsp3) is 0.698. The van der Waals surface area contributed by atoms with Gasteiger partial charge in [-0.05, 0) is 86.8 Å². The number of allylic oxidation sites excluding steroid dienone is 2. The van der Waals surface area contributed by atoms with Gasteiger partial charge in [0, 0.05) is 22.3 Å². The van der Waals surface area contributed by atoms with E-state index in [0.717, 1.165) is 73.9 Å². The molecule has 0 aromatic heterocycles. The Balaban J connectivity index is 1.31. The Kier molecular flexibility index (Phi) is 26.1. The normalized spacial score (nSPS) is 13.2. The standard InChI is InChI=1S/C53H86N2/c1-5-9-13-14-15-16-17-18-19-20-21-22-23-24-25-26-27-28-29-30-31-32-33-36-46-41-43-48(44-42-46)52-50(39-11-7-3)51(40-12-8-4)53(55(52)54)49-38-34-37-47(45-49)35-10-6-2/h34,37-38,41-45H,5-33,35-36,39-40H2,1-4H3. The monoisotopic (exact) mass is 751 g/mol. The van der Waals surface area contributed by atoms with Gasteiger partial charge in [-0.25, -0.2) is 4.70 Å². The molecule has 0 unspecified atom stereocenters. The molecule has 0 spiro atoms. The average molecular weight is 751 g/mol. The molecule has 1 aliphatic heterocycles. The van der Waals surface area contributed by atoms with Crippen molar-refractivity contribution in [3.8, 4) is 0 Å². The highest BCUT2D eigenvalue weighted by molar-refractivity contribution is 5.82. The fourth-order valence-corrected chi connectivity index (χ4v) is 8.69. The molecule has 2 aromatic rings. The Labute approximate surface area is 342 Å². The lowest BCUT2D eigenvalue weighted by Gasteiger charge is -2.11. The quantitative estimate of drug-likeness (QED) is 0.0495. The van der Waals surface area contributed by atoms with Gasteiger partial charge in [-0.2, -0.15) is 0 Å². The van der Waals surface area contributed by atoms with E-state index < -0.39 is 0 Å². The topological polar surface area (TPSA) is 25.3 Å². The van der Waals surface area contributed by atoms with Crippen molar-refractivity contribution in [2.45, 2.75) is 240 Å². The number of aryl methyl sites for hydroxylation is 2. The number of hydrogen-bond donors (Lipinski definition) is 0. The molecule has 0 N–H and O–H groups in total. The summed E-state index contributed by atoms with van der Waals surface area (Å²) in [5, 5.41) is 0. The first kappa shape index (κ1) is 46.9. The van der Waals surface area contributed by atoms with Crippen molar-refractivity contribution in [1.82, 2.24) is 0 Å². The zero-order valence-corrected chi connectivity index (χ0v) is 36.8. The summed E-state index contributed by atoms with van der Waals surface area (Å²) in [5.74, 6) is 0. The minimum absolute atomic E-state index is 1.01. The molecule has 0 radical (unpaired) electrons. The zero-order chi connectivity index (χ0) is 39.2. The molecule has 2 aromatic carbocycles. The Morgan fingerprint density at radius 2 is 0.709 bits per heavy atom. The van der Waals surface area contributed by atoms with Crippen molar-refractivity contribution in [3.05, 3.63) is 87.5 Å². The van der Waals surface area contributed by atoms with Crippen LogP contribution < -0.4 is 0 Å². The summed E-state index contributed by atoms with van der Waals surface area (Å²) in [6, 6.07) is 18.1. The minimum atomic E-state index is 1.01. The van der Waals surface area contributed by atoms with Gasteiger partial charge in [0.1, 0.15) is 0 Å². The van der Waals surface area contributed by atoms with Crippen LogP contribution in [-0.2, 0) is 12.8 Å². The third-order valence-corrected chi connectivity index (χ3v) is 12.2. The highest BCUT2D eigenvalue weighted by Crippen LogP contribution is 2.44. The van der Waals surface area contributed by atoms with E-state index in [1.165, 1.54) is 183 Å². The highest BCUT2D eigenvalue weighted by atomic mass is 15.2. The molecular weight excluding hydrogens is 665 g/mol. The lowest BCUT2D eigenvalue weighted by Crippen LogP contribution is -2.03. The second kappa shape index (κ2) is 30.6. The van der Waals surface area contributed by atoms with Crippen LogP contribution in [0.2, 0.25) is 0 Å². The zero-order valence-electron chi connectivity index (χ0n) is 36.8. The van der Waals surface area contributed by atoms with Crippen molar-refractivity contribution in [2.75, 3.05) is 0 Å². The van der Waals surface area contributed by atoms with E-state index in [-0.39, 0.29) is 0 Å². The summed E-state index contributed by atoms with van der Waals surface area (Å²) in [6.45, 7) is 9.11. The average Bonchev–Trinajstić information content (AvgIpc) is 3.48. The Morgan fingerprint density at radius 1 is 0.345 bits per heavy atom. The molecule has 0 saturated heterocycles. The molecule has 0 bridgehead atoms. The molecule has 55 heavy (non-hydrogen) atoms. The molecule has 0 amide bonds. The molecule has 0 saturated carbocycles. The number of rotatable bonds is 35. The first-order valence-corrected chi connectivity index (χ1v) is 24.3. The van der Waals surface area contributed by atoms with Crippen molar-refractivity contribution >= 4 is 11.4 Å². The van der Waals surface area contributed by atoms with Crippen LogP contribution in [0.1, 0.15) is 249 Å². The van der Waals surface area contributed by atoms with Crippen LogP contribution in [-0.4, -0.2) is 4.70 Å². The summed E-state index contributed by atoms with van der Waals surface area (Å²) < 4.78 is 1.56. The predicted octanol–water partition coefficient (Wildman–Crippen LogP) is 18.1. The van der Waals surface area contributed by atoms with E-state index in [1.807, 2.05) is 0 Å². The molecule has 2 nitrogen and oxygen atoms in total. The van der Waals surface area contributed by atoms with Crippen LogP contribution >= 0.6 is 0 Å². The molecule has 308 valence electrons. The van der Waals surface area contributed by atoms with Gasteiger partial charge >= 0.3 is 0 Å². The SMILES string of the molecule is CCCCCCCCCCCCCCCCCCCCCCCCCc1ccc(C2=C(CCCC)C(CCCC)=C(c3cccc(CCCC)c3)[N+]2=[N-])cc1. The van der Waals surface area contributed by atoms with E-state index >= 15 is 0 Å². The summed E-state index contributed by atoms with van der Waals surface area (Å²) in [5.41, 5.74) is 21.8. The second-order valence-electron chi connectivity index (χ2n) is 17.2. The van der Waals surface area contributed by atoms with E-state index in [0.29, 0.717) is 0 Å². The van der Waals surface area contributed by atoms with Gasteiger partial charge in [-0.15, -0.1) is 0 Å². The van der Waals surface area contributed by atoms with Gasteiger partial charge in [0.15, 0.2) is 0 Å². The lowest BCUT2D eigenvalue weighted by molar-refractivity contribution is -0.345. The second-order valence-corrected chi connectivity index (χ2v) is 17.2. The Hall–Kier alpha value is -2.48. The van der Waals surface area contributed by atoms with E-state index in [2.05, 4.69) is 76.2 Å². The molecule has 0 aliphatic carbocycles. The van der Waals surface area contributed by atoms with Crippen LogP contribution in [0.5, 0.6) is 0 Å². The van der Waals surface area contributed by atoms with Gasteiger partial charge in [0.25, 0.3) is 0 Å². The van der Waals surface area contributed by atoms with Crippen LogP contribution in [0.3, 0.4) is 0 Å². The first-order chi connectivity index (χ1) is 27.1. The molecule has 1 aliphatic rings. The molecule has 3 rings (SSSR count).